The van der Waals surface area contributed by atoms with Gasteiger partial charge in [-0.3, -0.25) is 0 Å². The van der Waals surface area contributed by atoms with E-state index in [9.17, 15) is 0 Å². The van der Waals surface area contributed by atoms with Crippen molar-refractivity contribution in [2.45, 2.75) is 24.8 Å². The highest BCUT2D eigenvalue weighted by atomic mass is 32.1. The minimum Gasteiger partial charge on any atom is -0.317 e. The van der Waals surface area contributed by atoms with Gasteiger partial charge in [-0.15, -0.1) is 11.3 Å². The Kier molecular flexibility index (Phi) is 2.11. The van der Waals surface area contributed by atoms with Crippen LogP contribution in [-0.4, -0.2) is 19.6 Å². The first kappa shape index (κ1) is 8.89. The van der Waals surface area contributed by atoms with E-state index in [-0.39, 0.29) is 0 Å². The van der Waals surface area contributed by atoms with Crippen molar-refractivity contribution < 1.29 is 0 Å². The molecule has 0 unspecified atom stereocenters. The maximum atomic E-state index is 3.75. The first-order valence-corrected chi connectivity index (χ1v) is 6.31. The molecule has 1 aromatic rings. The SMILES string of the molecule is c1cc2c(s1)C1(CCNCC1)NCC2. The molecule has 1 fully saturated rings. The van der Waals surface area contributed by atoms with Crippen LogP contribution in [0.3, 0.4) is 0 Å². The van der Waals surface area contributed by atoms with Gasteiger partial charge in [0, 0.05) is 11.4 Å². The molecule has 14 heavy (non-hydrogen) atoms. The van der Waals surface area contributed by atoms with Crippen LogP contribution in [0, 0.1) is 0 Å². The maximum absolute atomic E-state index is 3.75. The van der Waals surface area contributed by atoms with Crippen LogP contribution in [0.5, 0.6) is 0 Å². The molecule has 3 rings (SSSR count). The Hall–Kier alpha value is -0.380. The van der Waals surface area contributed by atoms with Crippen molar-refractivity contribution in [3.8, 4) is 0 Å². The summed E-state index contributed by atoms with van der Waals surface area (Å²) < 4.78 is 0. The molecule has 2 aliphatic rings. The summed E-state index contributed by atoms with van der Waals surface area (Å²) in [5.41, 5.74) is 1.92. The van der Waals surface area contributed by atoms with Crippen LogP contribution in [0.25, 0.3) is 0 Å². The molecule has 3 heterocycles. The average Bonchev–Trinajstić information content (AvgIpc) is 2.69. The predicted octanol–water partition coefficient (Wildman–Crippen LogP) is 1.47. The van der Waals surface area contributed by atoms with Gasteiger partial charge in [-0.1, -0.05) is 0 Å². The van der Waals surface area contributed by atoms with E-state index < -0.39 is 0 Å². The van der Waals surface area contributed by atoms with Crippen LogP contribution >= 0.6 is 11.3 Å². The van der Waals surface area contributed by atoms with Crippen LogP contribution in [0.15, 0.2) is 11.4 Å². The molecule has 0 amide bonds. The van der Waals surface area contributed by atoms with E-state index in [1.54, 1.807) is 10.4 Å². The van der Waals surface area contributed by atoms with Gasteiger partial charge in [-0.25, -0.2) is 0 Å². The van der Waals surface area contributed by atoms with E-state index in [2.05, 4.69) is 22.1 Å². The number of hydrogen-bond donors (Lipinski definition) is 2. The quantitative estimate of drug-likeness (QED) is 0.675. The zero-order valence-electron chi connectivity index (χ0n) is 8.31. The molecule has 3 heteroatoms. The third-order valence-corrected chi connectivity index (χ3v) is 4.66. The molecule has 1 spiro atoms. The van der Waals surface area contributed by atoms with E-state index in [4.69, 9.17) is 0 Å². The summed E-state index contributed by atoms with van der Waals surface area (Å²) in [7, 11) is 0. The fourth-order valence-corrected chi connectivity index (χ4v) is 3.92. The van der Waals surface area contributed by atoms with Crippen molar-refractivity contribution in [3.63, 3.8) is 0 Å². The van der Waals surface area contributed by atoms with Gasteiger partial charge in [0.1, 0.15) is 0 Å². The van der Waals surface area contributed by atoms with Gasteiger partial charge in [0.25, 0.3) is 0 Å². The highest BCUT2D eigenvalue weighted by molar-refractivity contribution is 7.10. The summed E-state index contributed by atoms with van der Waals surface area (Å²) in [6.45, 7) is 3.47. The Bertz CT molecular complexity index is 326. The summed E-state index contributed by atoms with van der Waals surface area (Å²) >= 11 is 1.94. The minimum atomic E-state index is 0.326. The lowest BCUT2D eigenvalue weighted by atomic mass is 9.82. The molecule has 1 aromatic heterocycles. The summed E-state index contributed by atoms with van der Waals surface area (Å²) in [6, 6.07) is 2.31. The Morgan fingerprint density at radius 2 is 2.07 bits per heavy atom. The molecule has 0 radical (unpaired) electrons. The normalized spacial score (nSPS) is 24.9. The van der Waals surface area contributed by atoms with E-state index in [0.29, 0.717) is 5.54 Å². The lowest BCUT2D eigenvalue weighted by Gasteiger charge is -2.41. The van der Waals surface area contributed by atoms with Crippen molar-refractivity contribution >= 4 is 11.3 Å². The van der Waals surface area contributed by atoms with Gasteiger partial charge in [0.15, 0.2) is 0 Å². The maximum Gasteiger partial charge on any atom is 0.0555 e. The van der Waals surface area contributed by atoms with Crippen molar-refractivity contribution in [2.24, 2.45) is 0 Å². The van der Waals surface area contributed by atoms with Crippen molar-refractivity contribution in [3.05, 3.63) is 21.9 Å². The zero-order chi connectivity index (χ0) is 9.43. The number of hydrogen-bond acceptors (Lipinski definition) is 3. The average molecular weight is 208 g/mol. The van der Waals surface area contributed by atoms with Crippen LogP contribution in [0.1, 0.15) is 23.3 Å². The fourth-order valence-electron chi connectivity index (χ4n) is 2.73. The molecular weight excluding hydrogens is 192 g/mol. The Morgan fingerprint density at radius 1 is 1.21 bits per heavy atom. The standard InChI is InChI=1S/C11H16N2S/c1-5-13-11(3-6-12-7-4-11)10-9(1)2-8-14-10/h2,8,12-13H,1,3-7H2. The van der Waals surface area contributed by atoms with Crippen molar-refractivity contribution in [1.29, 1.82) is 0 Å². The summed E-state index contributed by atoms with van der Waals surface area (Å²) in [6.07, 6.45) is 3.72. The van der Waals surface area contributed by atoms with Gasteiger partial charge in [-0.2, -0.15) is 0 Å². The molecule has 2 N–H and O–H groups in total. The number of nitrogens with one attached hydrogen (secondary N) is 2. The van der Waals surface area contributed by atoms with Gasteiger partial charge < -0.3 is 10.6 Å². The van der Waals surface area contributed by atoms with Crippen molar-refractivity contribution in [1.82, 2.24) is 10.6 Å². The molecule has 0 bridgehead atoms. The second kappa shape index (κ2) is 3.33. The van der Waals surface area contributed by atoms with E-state index >= 15 is 0 Å². The lowest BCUT2D eigenvalue weighted by molar-refractivity contribution is 0.240. The van der Waals surface area contributed by atoms with Gasteiger partial charge in [0.2, 0.25) is 0 Å². The topological polar surface area (TPSA) is 24.1 Å². The molecule has 76 valence electrons. The molecular formula is C11H16N2S. The highest BCUT2D eigenvalue weighted by Gasteiger charge is 2.38. The Morgan fingerprint density at radius 3 is 2.93 bits per heavy atom. The molecule has 0 saturated carbocycles. The summed E-state index contributed by atoms with van der Waals surface area (Å²) in [4.78, 5) is 1.62. The largest absolute Gasteiger partial charge is 0.317 e. The number of fused-ring (bicyclic) bond motifs is 2. The Balaban J connectivity index is 2.01. The smallest absolute Gasteiger partial charge is 0.0555 e. The monoisotopic (exact) mass is 208 g/mol. The predicted molar refractivity (Wildman–Crippen MR) is 59.8 cm³/mol. The van der Waals surface area contributed by atoms with Gasteiger partial charge >= 0.3 is 0 Å². The summed E-state index contributed by atoms with van der Waals surface area (Å²) in [5, 5.41) is 9.44. The van der Waals surface area contributed by atoms with Crippen LogP contribution < -0.4 is 10.6 Å². The summed E-state index contributed by atoms with van der Waals surface area (Å²) in [5.74, 6) is 0. The van der Waals surface area contributed by atoms with Crippen LogP contribution in [0.4, 0.5) is 0 Å². The van der Waals surface area contributed by atoms with E-state index in [1.165, 1.54) is 19.3 Å². The van der Waals surface area contributed by atoms with E-state index in [1.807, 2.05) is 11.3 Å². The number of rotatable bonds is 0. The molecule has 2 nitrogen and oxygen atoms in total. The molecule has 0 atom stereocenters. The molecule has 0 aliphatic carbocycles. The molecule has 0 aromatic carbocycles. The molecule has 2 aliphatic heterocycles. The Labute approximate surface area is 88.7 Å². The molecule has 1 saturated heterocycles. The first-order valence-electron chi connectivity index (χ1n) is 5.43. The minimum absolute atomic E-state index is 0.326. The lowest BCUT2D eigenvalue weighted by Crippen LogP contribution is -2.52. The van der Waals surface area contributed by atoms with Gasteiger partial charge in [-0.05, 0) is 49.4 Å². The second-order valence-corrected chi connectivity index (χ2v) is 5.20. The van der Waals surface area contributed by atoms with Crippen LogP contribution in [-0.2, 0) is 12.0 Å². The fraction of sp³-hybridized carbons (Fsp3) is 0.636. The third kappa shape index (κ3) is 1.23. The van der Waals surface area contributed by atoms with Crippen molar-refractivity contribution in [2.75, 3.05) is 19.6 Å². The highest BCUT2D eigenvalue weighted by Crippen LogP contribution is 2.38. The zero-order valence-corrected chi connectivity index (χ0v) is 9.12. The third-order valence-electron chi connectivity index (χ3n) is 3.50. The first-order chi connectivity index (χ1) is 6.91. The van der Waals surface area contributed by atoms with Crippen LogP contribution in [0.2, 0.25) is 0 Å². The second-order valence-electron chi connectivity index (χ2n) is 4.28. The van der Waals surface area contributed by atoms with E-state index in [0.717, 1.165) is 19.6 Å². The number of thiophene rings is 1. The number of piperidine rings is 1. The van der Waals surface area contributed by atoms with Gasteiger partial charge in [0.05, 0.1) is 5.54 Å².